The van der Waals surface area contributed by atoms with Gasteiger partial charge in [-0.3, -0.25) is 4.79 Å². The van der Waals surface area contributed by atoms with Crippen LogP contribution in [0.25, 0.3) is 10.1 Å². The highest BCUT2D eigenvalue weighted by atomic mass is 32.1. The van der Waals surface area contributed by atoms with Gasteiger partial charge in [0.1, 0.15) is 0 Å². The lowest BCUT2D eigenvalue weighted by Crippen LogP contribution is -2.03. The Kier molecular flexibility index (Phi) is 2.71. The normalized spacial score (nSPS) is 12.0. The number of thiol groups is 1. The summed E-state index contributed by atoms with van der Waals surface area (Å²) in [4.78, 5) is 11.3. The van der Waals surface area contributed by atoms with Gasteiger partial charge in [-0.25, -0.2) is 0 Å². The monoisotopic (exact) mass is 262 g/mol. The Hall–Kier alpha value is -1.01. The first-order chi connectivity index (χ1) is 7.38. The Morgan fingerprint density at radius 1 is 1.25 bits per heavy atom. The van der Waals surface area contributed by atoms with E-state index in [1.165, 1.54) is 12.1 Å². The van der Waals surface area contributed by atoms with Crippen LogP contribution in [-0.2, 0) is 6.18 Å². The van der Waals surface area contributed by atoms with Gasteiger partial charge >= 0.3 is 6.18 Å². The van der Waals surface area contributed by atoms with Crippen LogP contribution in [0.3, 0.4) is 0 Å². The van der Waals surface area contributed by atoms with Crippen molar-refractivity contribution in [3.05, 3.63) is 34.7 Å². The van der Waals surface area contributed by atoms with Crippen molar-refractivity contribution in [2.45, 2.75) is 6.18 Å². The number of rotatable bonds is 1. The maximum Gasteiger partial charge on any atom is 0.416 e. The zero-order chi connectivity index (χ0) is 11.9. The van der Waals surface area contributed by atoms with Crippen molar-refractivity contribution in [2.24, 2.45) is 0 Å². The number of alkyl halides is 3. The first-order valence-corrected chi connectivity index (χ1v) is 5.48. The zero-order valence-corrected chi connectivity index (χ0v) is 9.42. The van der Waals surface area contributed by atoms with Gasteiger partial charge in [-0.15, -0.1) is 11.3 Å². The van der Waals surface area contributed by atoms with Crippen molar-refractivity contribution in [1.82, 2.24) is 0 Å². The highest BCUT2D eigenvalue weighted by Crippen LogP contribution is 2.34. The largest absolute Gasteiger partial charge is 0.416 e. The van der Waals surface area contributed by atoms with Gasteiger partial charge in [0.15, 0.2) is 0 Å². The summed E-state index contributed by atoms with van der Waals surface area (Å²) in [5.41, 5.74) is -0.712. The van der Waals surface area contributed by atoms with Crippen molar-refractivity contribution in [2.75, 3.05) is 0 Å². The molecule has 0 unspecified atom stereocenters. The third kappa shape index (κ3) is 2.08. The molecule has 16 heavy (non-hydrogen) atoms. The predicted molar refractivity (Wildman–Crippen MR) is 60.1 cm³/mol. The smallest absolute Gasteiger partial charge is 0.281 e. The maximum atomic E-state index is 12.4. The summed E-state index contributed by atoms with van der Waals surface area (Å²) in [6.45, 7) is 0. The number of benzene rings is 1. The number of hydrogen-bond acceptors (Lipinski definition) is 2. The van der Waals surface area contributed by atoms with E-state index in [1.54, 1.807) is 0 Å². The molecule has 1 aromatic carbocycles. The number of hydrogen-bond donors (Lipinski definition) is 1. The molecule has 0 saturated heterocycles. The maximum absolute atomic E-state index is 12.4. The minimum atomic E-state index is -4.36. The summed E-state index contributed by atoms with van der Waals surface area (Å²) in [5.74, 6) is 0. The third-order valence-electron chi connectivity index (χ3n) is 2.05. The standard InChI is InChI=1S/C10H5F3OS2/c11-10(12,13)6-1-2-7-5(3-6)4-8(16-7)9(14)15/h1-4H,(H,14,15). The van der Waals surface area contributed by atoms with E-state index in [0.717, 1.165) is 23.5 Å². The fraction of sp³-hybridized carbons (Fsp3) is 0.100. The molecule has 0 aliphatic heterocycles. The van der Waals surface area contributed by atoms with Crippen molar-refractivity contribution in [1.29, 1.82) is 0 Å². The molecule has 1 heterocycles. The summed E-state index contributed by atoms with van der Waals surface area (Å²) in [7, 11) is 0. The van der Waals surface area contributed by atoms with Gasteiger partial charge in [-0.1, -0.05) is 12.6 Å². The molecule has 0 fully saturated rings. The molecule has 1 aromatic heterocycles. The fourth-order valence-electron chi connectivity index (χ4n) is 1.33. The quantitative estimate of drug-likeness (QED) is 0.769. The molecule has 0 spiro atoms. The number of fused-ring (bicyclic) bond motifs is 1. The van der Waals surface area contributed by atoms with Gasteiger partial charge < -0.3 is 0 Å². The molecule has 0 aliphatic carbocycles. The molecule has 0 N–H and O–H groups in total. The van der Waals surface area contributed by atoms with E-state index in [4.69, 9.17) is 0 Å². The first kappa shape index (κ1) is 11.5. The average Bonchev–Trinajstić information content (AvgIpc) is 2.58. The van der Waals surface area contributed by atoms with E-state index >= 15 is 0 Å². The molecule has 0 radical (unpaired) electrons. The molecule has 0 atom stereocenters. The van der Waals surface area contributed by atoms with Crippen LogP contribution in [0, 0.1) is 0 Å². The molecule has 0 saturated carbocycles. The molecular weight excluding hydrogens is 257 g/mol. The Bertz CT molecular complexity index is 557. The topological polar surface area (TPSA) is 17.1 Å². The van der Waals surface area contributed by atoms with Gasteiger partial charge in [0.2, 0.25) is 5.12 Å². The van der Waals surface area contributed by atoms with Crippen LogP contribution in [0.1, 0.15) is 15.2 Å². The molecule has 6 heteroatoms. The van der Waals surface area contributed by atoms with E-state index in [1.807, 2.05) is 0 Å². The van der Waals surface area contributed by atoms with Gasteiger partial charge in [0.05, 0.1) is 10.4 Å². The van der Waals surface area contributed by atoms with Crippen LogP contribution in [-0.4, -0.2) is 5.12 Å². The minimum absolute atomic E-state index is 0.345. The number of thiophene rings is 1. The van der Waals surface area contributed by atoms with E-state index in [9.17, 15) is 18.0 Å². The molecule has 1 nitrogen and oxygen atoms in total. The molecular formula is C10H5F3OS2. The van der Waals surface area contributed by atoms with Crippen LogP contribution in [0.4, 0.5) is 13.2 Å². The highest BCUT2D eigenvalue weighted by Gasteiger charge is 2.30. The Balaban J connectivity index is 2.58. The fourth-order valence-corrected chi connectivity index (χ4v) is 2.41. The average molecular weight is 262 g/mol. The van der Waals surface area contributed by atoms with Gasteiger partial charge in [-0.05, 0) is 29.7 Å². The predicted octanol–water partition coefficient (Wildman–Crippen LogP) is 3.99. The van der Waals surface area contributed by atoms with Crippen molar-refractivity contribution >= 4 is 39.2 Å². The Morgan fingerprint density at radius 3 is 2.50 bits per heavy atom. The molecule has 84 valence electrons. The van der Waals surface area contributed by atoms with Crippen molar-refractivity contribution in [3.8, 4) is 0 Å². The summed E-state index contributed by atoms with van der Waals surface area (Å²) in [6.07, 6.45) is -4.36. The van der Waals surface area contributed by atoms with Crippen LogP contribution in [0.15, 0.2) is 24.3 Å². The SMILES string of the molecule is O=C(S)c1cc2cc(C(F)(F)F)ccc2s1. The van der Waals surface area contributed by atoms with E-state index < -0.39 is 16.9 Å². The lowest BCUT2D eigenvalue weighted by molar-refractivity contribution is -0.137. The van der Waals surface area contributed by atoms with Gasteiger partial charge in [-0.2, -0.15) is 13.2 Å². The Morgan fingerprint density at radius 2 is 1.94 bits per heavy atom. The van der Waals surface area contributed by atoms with Crippen LogP contribution < -0.4 is 0 Å². The van der Waals surface area contributed by atoms with E-state index in [2.05, 4.69) is 12.6 Å². The van der Waals surface area contributed by atoms with Crippen LogP contribution in [0.5, 0.6) is 0 Å². The van der Waals surface area contributed by atoms with Crippen molar-refractivity contribution in [3.63, 3.8) is 0 Å². The number of carbonyl (C=O) groups excluding carboxylic acids is 1. The first-order valence-electron chi connectivity index (χ1n) is 4.22. The number of carbonyl (C=O) groups is 1. The molecule has 2 rings (SSSR count). The molecule has 2 aromatic rings. The second-order valence-corrected chi connectivity index (χ2v) is 4.66. The minimum Gasteiger partial charge on any atom is -0.281 e. The van der Waals surface area contributed by atoms with E-state index in [0.29, 0.717) is 15.0 Å². The van der Waals surface area contributed by atoms with Gasteiger partial charge in [0.25, 0.3) is 0 Å². The zero-order valence-electron chi connectivity index (χ0n) is 7.71. The van der Waals surface area contributed by atoms with Crippen LogP contribution >= 0.6 is 24.0 Å². The summed E-state index contributed by atoms with van der Waals surface area (Å²) >= 11 is 4.76. The Labute approximate surface area is 98.3 Å². The summed E-state index contributed by atoms with van der Waals surface area (Å²) < 4.78 is 37.9. The molecule has 0 bridgehead atoms. The van der Waals surface area contributed by atoms with Gasteiger partial charge in [0, 0.05) is 4.70 Å². The second-order valence-electron chi connectivity index (χ2n) is 3.17. The lowest BCUT2D eigenvalue weighted by Gasteiger charge is -2.05. The third-order valence-corrected chi connectivity index (χ3v) is 3.56. The van der Waals surface area contributed by atoms with E-state index in [-0.39, 0.29) is 0 Å². The summed E-state index contributed by atoms with van der Waals surface area (Å²) in [5, 5.41) is -0.0213. The van der Waals surface area contributed by atoms with Crippen molar-refractivity contribution < 1.29 is 18.0 Å². The highest BCUT2D eigenvalue weighted by molar-refractivity contribution is 7.97. The summed E-state index contributed by atoms with van der Waals surface area (Å²) in [6, 6.07) is 4.82. The lowest BCUT2D eigenvalue weighted by atomic mass is 10.1. The second kappa shape index (κ2) is 3.78. The molecule has 0 aliphatic rings. The van der Waals surface area contributed by atoms with Crippen LogP contribution in [0.2, 0.25) is 0 Å². The molecule has 0 amide bonds. The number of halogens is 3.